The van der Waals surface area contributed by atoms with Gasteiger partial charge in [-0.25, -0.2) is 4.79 Å². The maximum atomic E-state index is 10.6. The lowest BCUT2D eigenvalue weighted by molar-refractivity contribution is -0.131. The molecule has 1 N–H and O–H groups in total. The molecule has 1 saturated heterocycles. The third-order valence-corrected chi connectivity index (χ3v) is 4.23. The van der Waals surface area contributed by atoms with E-state index < -0.39 is 5.97 Å². The molecule has 0 aliphatic carbocycles. The summed E-state index contributed by atoms with van der Waals surface area (Å²) in [7, 11) is 2.19. The number of rotatable bonds is 4. The number of carbonyl (C=O) groups is 1. The van der Waals surface area contributed by atoms with Crippen LogP contribution in [0.15, 0.2) is 24.3 Å². The molecule has 0 saturated carbocycles. The second-order valence-corrected chi connectivity index (χ2v) is 5.71. The van der Waals surface area contributed by atoms with E-state index in [0.717, 1.165) is 31.6 Å². The fourth-order valence-electron chi connectivity index (χ4n) is 2.91. The zero-order valence-electron chi connectivity index (χ0n) is 13.0. The first-order valence-corrected chi connectivity index (χ1v) is 7.48. The summed E-state index contributed by atoms with van der Waals surface area (Å²) in [6, 6.07) is 6.74. The molecule has 0 aromatic heterocycles. The average Bonchev–Trinajstić information content (AvgIpc) is 2.46. The van der Waals surface area contributed by atoms with Crippen LogP contribution in [0.1, 0.15) is 24.5 Å². The van der Waals surface area contributed by atoms with Gasteiger partial charge in [0.25, 0.3) is 0 Å². The van der Waals surface area contributed by atoms with Gasteiger partial charge in [0.1, 0.15) is 0 Å². The van der Waals surface area contributed by atoms with Crippen molar-refractivity contribution in [2.75, 3.05) is 31.6 Å². The Hall–Kier alpha value is -1.81. The summed E-state index contributed by atoms with van der Waals surface area (Å²) in [6.07, 6.45) is 3.97. The van der Waals surface area contributed by atoms with Gasteiger partial charge in [0.05, 0.1) is 0 Å². The van der Waals surface area contributed by atoms with Crippen LogP contribution in [0.25, 0.3) is 6.08 Å². The number of hydrogen-bond acceptors (Lipinski definition) is 3. The molecule has 114 valence electrons. The van der Waals surface area contributed by atoms with Crippen LogP contribution < -0.4 is 4.90 Å². The molecule has 4 nitrogen and oxygen atoms in total. The van der Waals surface area contributed by atoms with E-state index in [2.05, 4.69) is 36.8 Å². The number of anilines is 1. The van der Waals surface area contributed by atoms with Gasteiger partial charge < -0.3 is 10.0 Å². The molecule has 0 radical (unpaired) electrons. The van der Waals surface area contributed by atoms with Gasteiger partial charge in [-0.1, -0.05) is 13.0 Å². The van der Waals surface area contributed by atoms with Crippen molar-refractivity contribution in [3.8, 4) is 0 Å². The van der Waals surface area contributed by atoms with E-state index in [0.29, 0.717) is 6.04 Å². The Morgan fingerprint density at radius 2 is 2.19 bits per heavy atom. The lowest BCUT2D eigenvalue weighted by Crippen LogP contribution is -2.51. The van der Waals surface area contributed by atoms with E-state index in [9.17, 15) is 4.79 Å². The van der Waals surface area contributed by atoms with Crippen LogP contribution in [0.3, 0.4) is 0 Å². The molecule has 1 heterocycles. The van der Waals surface area contributed by atoms with Crippen molar-refractivity contribution in [1.29, 1.82) is 0 Å². The highest BCUT2D eigenvalue weighted by atomic mass is 16.4. The van der Waals surface area contributed by atoms with Crippen LogP contribution >= 0.6 is 0 Å². The number of carboxylic acid groups (broad SMARTS) is 1. The number of carboxylic acids is 1. The largest absolute Gasteiger partial charge is 0.478 e. The van der Waals surface area contributed by atoms with Gasteiger partial charge >= 0.3 is 5.97 Å². The van der Waals surface area contributed by atoms with Crippen molar-refractivity contribution in [3.63, 3.8) is 0 Å². The molecule has 2 rings (SSSR count). The Kier molecular flexibility index (Phi) is 5.02. The van der Waals surface area contributed by atoms with Crippen LogP contribution in [-0.2, 0) is 4.79 Å². The van der Waals surface area contributed by atoms with Gasteiger partial charge in [0.15, 0.2) is 0 Å². The quantitative estimate of drug-likeness (QED) is 0.865. The first-order valence-electron chi connectivity index (χ1n) is 7.48. The van der Waals surface area contributed by atoms with Crippen molar-refractivity contribution in [1.82, 2.24) is 4.90 Å². The SMILES string of the molecule is CCC1CN(c2ccc(C=CC(=O)O)cc2C)CCN1C. The van der Waals surface area contributed by atoms with Crippen molar-refractivity contribution in [2.24, 2.45) is 0 Å². The second kappa shape index (κ2) is 6.76. The highest BCUT2D eigenvalue weighted by Gasteiger charge is 2.23. The Bertz CT molecular complexity index is 540. The summed E-state index contributed by atoms with van der Waals surface area (Å²) in [5.41, 5.74) is 3.38. The topological polar surface area (TPSA) is 43.8 Å². The van der Waals surface area contributed by atoms with Crippen LogP contribution in [-0.4, -0.2) is 48.7 Å². The molecule has 1 aliphatic rings. The minimum Gasteiger partial charge on any atom is -0.478 e. The molecule has 1 fully saturated rings. The van der Waals surface area contributed by atoms with Crippen LogP contribution in [0.2, 0.25) is 0 Å². The first kappa shape index (κ1) is 15.6. The number of benzene rings is 1. The minimum atomic E-state index is -0.915. The Labute approximate surface area is 126 Å². The molecule has 0 bridgehead atoms. The standard InChI is InChI=1S/C17H24N2O2/c1-4-15-12-19(10-9-18(15)3)16-7-5-14(11-13(16)2)6-8-17(20)21/h5-8,11,15H,4,9-10,12H2,1-3H3,(H,20,21). The summed E-state index contributed by atoms with van der Waals surface area (Å²) in [5.74, 6) is -0.915. The minimum absolute atomic E-state index is 0.602. The summed E-state index contributed by atoms with van der Waals surface area (Å²) in [6.45, 7) is 7.50. The third kappa shape index (κ3) is 3.85. The zero-order chi connectivity index (χ0) is 15.4. The van der Waals surface area contributed by atoms with Gasteiger partial charge in [-0.05, 0) is 49.7 Å². The second-order valence-electron chi connectivity index (χ2n) is 5.71. The molecule has 21 heavy (non-hydrogen) atoms. The fourth-order valence-corrected chi connectivity index (χ4v) is 2.91. The highest BCUT2D eigenvalue weighted by molar-refractivity contribution is 5.85. The Morgan fingerprint density at radius 3 is 2.81 bits per heavy atom. The average molecular weight is 288 g/mol. The summed E-state index contributed by atoms with van der Waals surface area (Å²) < 4.78 is 0. The molecular formula is C17H24N2O2. The van der Waals surface area contributed by atoms with Crippen molar-refractivity contribution < 1.29 is 9.90 Å². The summed E-state index contributed by atoms with van der Waals surface area (Å²) in [5, 5.41) is 8.68. The molecule has 1 aromatic rings. The lowest BCUT2D eigenvalue weighted by Gasteiger charge is -2.41. The molecule has 1 aliphatic heterocycles. The number of hydrogen-bond donors (Lipinski definition) is 1. The molecule has 1 unspecified atom stereocenters. The van der Waals surface area contributed by atoms with E-state index in [-0.39, 0.29) is 0 Å². The molecule has 4 heteroatoms. The molecular weight excluding hydrogens is 264 g/mol. The van der Waals surface area contributed by atoms with E-state index in [1.165, 1.54) is 17.3 Å². The number of likely N-dealkylation sites (N-methyl/N-ethyl adjacent to an activating group) is 1. The predicted octanol–water partition coefficient (Wildman–Crippen LogP) is 2.62. The smallest absolute Gasteiger partial charge is 0.328 e. The van der Waals surface area contributed by atoms with Gasteiger partial charge in [0, 0.05) is 37.4 Å². The van der Waals surface area contributed by atoms with Crippen molar-refractivity contribution in [2.45, 2.75) is 26.3 Å². The number of aliphatic carboxylic acids is 1. The van der Waals surface area contributed by atoms with Crippen LogP contribution in [0.5, 0.6) is 0 Å². The van der Waals surface area contributed by atoms with E-state index in [1.54, 1.807) is 6.08 Å². The molecule has 0 spiro atoms. The normalized spacial score (nSPS) is 20.1. The Morgan fingerprint density at radius 1 is 1.43 bits per heavy atom. The Balaban J connectivity index is 2.15. The monoisotopic (exact) mass is 288 g/mol. The van der Waals surface area contributed by atoms with Crippen LogP contribution in [0, 0.1) is 6.92 Å². The number of aryl methyl sites for hydroxylation is 1. The van der Waals surface area contributed by atoms with Crippen molar-refractivity contribution >= 4 is 17.7 Å². The van der Waals surface area contributed by atoms with Gasteiger partial charge in [-0.15, -0.1) is 0 Å². The van der Waals surface area contributed by atoms with Gasteiger partial charge in [-0.3, -0.25) is 4.90 Å². The lowest BCUT2D eigenvalue weighted by atomic mass is 10.1. The number of piperazine rings is 1. The first-order chi connectivity index (χ1) is 10.0. The van der Waals surface area contributed by atoms with E-state index in [1.807, 2.05) is 12.1 Å². The predicted molar refractivity (Wildman–Crippen MR) is 86.8 cm³/mol. The van der Waals surface area contributed by atoms with E-state index >= 15 is 0 Å². The molecule has 1 atom stereocenters. The van der Waals surface area contributed by atoms with Crippen LogP contribution in [0.4, 0.5) is 5.69 Å². The third-order valence-electron chi connectivity index (χ3n) is 4.23. The number of nitrogens with zero attached hydrogens (tertiary/aromatic N) is 2. The van der Waals surface area contributed by atoms with Gasteiger partial charge in [0.2, 0.25) is 0 Å². The highest BCUT2D eigenvalue weighted by Crippen LogP contribution is 2.25. The summed E-state index contributed by atoms with van der Waals surface area (Å²) in [4.78, 5) is 15.4. The summed E-state index contributed by atoms with van der Waals surface area (Å²) >= 11 is 0. The maximum absolute atomic E-state index is 10.6. The zero-order valence-corrected chi connectivity index (χ0v) is 13.0. The fraction of sp³-hybridized carbons (Fsp3) is 0.471. The van der Waals surface area contributed by atoms with Crippen molar-refractivity contribution in [3.05, 3.63) is 35.4 Å². The van der Waals surface area contributed by atoms with Gasteiger partial charge in [-0.2, -0.15) is 0 Å². The maximum Gasteiger partial charge on any atom is 0.328 e. The molecule has 0 amide bonds. The van der Waals surface area contributed by atoms with E-state index in [4.69, 9.17) is 5.11 Å². The molecule has 1 aromatic carbocycles.